The number of carbonyl (C=O) groups excluding carboxylic acids is 3. The lowest BCUT2D eigenvalue weighted by Crippen LogP contribution is -2.43. The van der Waals surface area contributed by atoms with Gasteiger partial charge in [-0.25, -0.2) is 4.79 Å². The number of nitrogens with two attached hydrogens (primary N) is 1. The summed E-state index contributed by atoms with van der Waals surface area (Å²) < 4.78 is 4.64. The first-order valence-electron chi connectivity index (χ1n) is 10.2. The van der Waals surface area contributed by atoms with E-state index in [1.807, 2.05) is 30.3 Å². The van der Waals surface area contributed by atoms with Crippen LogP contribution in [0.25, 0.3) is 0 Å². The number of esters is 1. The number of methoxy groups -OCH3 is 1. The zero-order chi connectivity index (χ0) is 24.6. The Bertz CT molecular complexity index is 927. The minimum absolute atomic E-state index is 0.250. The summed E-state index contributed by atoms with van der Waals surface area (Å²) in [6, 6.07) is 15.3. The molecule has 9 nitrogen and oxygen atoms in total. The molecule has 0 heterocycles. The fourth-order valence-electron chi connectivity index (χ4n) is 2.69. The summed E-state index contributed by atoms with van der Waals surface area (Å²) >= 11 is 0. The Labute approximate surface area is 192 Å². The number of carbonyl (C=O) groups is 4. The molecule has 9 heteroatoms. The molecule has 0 aromatic heterocycles. The van der Waals surface area contributed by atoms with Gasteiger partial charge in [0.1, 0.15) is 0 Å². The van der Waals surface area contributed by atoms with E-state index in [1.165, 1.54) is 13.2 Å². The largest absolute Gasteiger partial charge is 0.483 e. The Morgan fingerprint density at radius 3 is 2.24 bits per heavy atom. The van der Waals surface area contributed by atoms with Gasteiger partial charge in [0.05, 0.1) is 18.7 Å². The van der Waals surface area contributed by atoms with Crippen LogP contribution in [0.1, 0.15) is 29.3 Å². The Morgan fingerprint density at radius 1 is 1.09 bits per heavy atom. The van der Waals surface area contributed by atoms with E-state index in [0.29, 0.717) is 17.7 Å². The first kappa shape index (κ1) is 27.1. The smallest absolute Gasteiger partial charge is 0.337 e. The Kier molecular flexibility index (Phi) is 12.2. The number of anilines is 1. The highest BCUT2D eigenvalue weighted by Crippen LogP contribution is 2.11. The van der Waals surface area contributed by atoms with Crippen LogP contribution in [0.3, 0.4) is 0 Å². The van der Waals surface area contributed by atoms with Crippen LogP contribution in [0.5, 0.6) is 0 Å². The number of ether oxygens (including phenoxy) is 1. The number of hydrogen-bond donors (Lipinski definition) is 4. The molecule has 2 aromatic rings. The second-order valence-corrected chi connectivity index (χ2v) is 6.95. The quantitative estimate of drug-likeness (QED) is 0.257. The maximum absolute atomic E-state index is 12.3. The van der Waals surface area contributed by atoms with Crippen molar-refractivity contribution in [3.05, 3.63) is 77.9 Å². The van der Waals surface area contributed by atoms with Crippen molar-refractivity contribution in [2.45, 2.75) is 31.8 Å². The van der Waals surface area contributed by atoms with Gasteiger partial charge in [-0.2, -0.15) is 0 Å². The molecule has 0 aliphatic rings. The van der Waals surface area contributed by atoms with Crippen LogP contribution < -0.4 is 16.4 Å². The third kappa shape index (κ3) is 10.7. The summed E-state index contributed by atoms with van der Waals surface area (Å²) in [7, 11) is 1.31. The molecule has 0 radical (unpaired) electrons. The fraction of sp³-hybridized carbons (Fsp3) is 0.250. The van der Waals surface area contributed by atoms with Crippen molar-refractivity contribution in [1.29, 1.82) is 0 Å². The van der Waals surface area contributed by atoms with Crippen molar-refractivity contribution >= 4 is 29.9 Å². The standard InChI is InChI=1S/C23H27N3O4.CH2O2/c1-16(24)22(28)26-20(11-8-17-6-4-3-5-7-17)14-15-21(27)25-19-12-9-18(10-13-19)23(29)30-2;2-1-3/h3-7,9-10,12-16,20H,8,11,24H2,1-2H3,(H,25,27)(H,26,28);1H,(H,2,3)/b15-14+;/t16-,20-;/m0./s1. The van der Waals surface area contributed by atoms with Gasteiger partial charge in [-0.1, -0.05) is 36.4 Å². The number of carboxylic acid groups (broad SMARTS) is 1. The SMILES string of the molecule is COC(=O)c1ccc(NC(=O)/C=C/[C@H](CCc2ccccc2)NC(=O)[C@H](C)N)cc1.O=CO. The highest BCUT2D eigenvalue weighted by atomic mass is 16.5. The Morgan fingerprint density at radius 2 is 1.70 bits per heavy atom. The summed E-state index contributed by atoms with van der Waals surface area (Å²) in [5, 5.41) is 12.5. The fourth-order valence-corrected chi connectivity index (χ4v) is 2.69. The highest BCUT2D eigenvalue weighted by Gasteiger charge is 2.13. The third-order valence-corrected chi connectivity index (χ3v) is 4.38. The Balaban J connectivity index is 0.00000172. The average molecular weight is 456 g/mol. The van der Waals surface area contributed by atoms with Gasteiger partial charge in [-0.3, -0.25) is 14.4 Å². The summed E-state index contributed by atoms with van der Waals surface area (Å²) in [6.45, 7) is 1.36. The molecule has 2 rings (SSSR count). The highest BCUT2D eigenvalue weighted by molar-refractivity contribution is 5.99. The molecule has 0 aliphatic heterocycles. The molecule has 0 aliphatic carbocycles. The summed E-state index contributed by atoms with van der Waals surface area (Å²) in [5.41, 5.74) is 7.72. The zero-order valence-corrected chi connectivity index (χ0v) is 18.6. The lowest BCUT2D eigenvalue weighted by atomic mass is 10.0. The topological polar surface area (TPSA) is 148 Å². The maximum atomic E-state index is 12.3. The molecule has 2 aromatic carbocycles. The van der Waals surface area contributed by atoms with Gasteiger partial charge in [0.15, 0.2) is 0 Å². The molecule has 0 saturated carbocycles. The van der Waals surface area contributed by atoms with Gasteiger partial charge in [0.2, 0.25) is 11.8 Å². The van der Waals surface area contributed by atoms with Crippen molar-refractivity contribution in [1.82, 2.24) is 5.32 Å². The van der Waals surface area contributed by atoms with E-state index in [9.17, 15) is 14.4 Å². The van der Waals surface area contributed by atoms with Crippen LogP contribution in [0.15, 0.2) is 66.7 Å². The van der Waals surface area contributed by atoms with Crippen LogP contribution in [0.4, 0.5) is 5.69 Å². The Hall–Kier alpha value is -3.98. The average Bonchev–Trinajstić information content (AvgIpc) is 2.81. The summed E-state index contributed by atoms with van der Waals surface area (Å²) in [4.78, 5) is 44.1. The van der Waals surface area contributed by atoms with Crippen LogP contribution in [0, 0.1) is 0 Å². The van der Waals surface area contributed by atoms with Crippen LogP contribution in [-0.4, -0.2) is 48.6 Å². The molecular formula is C24H29N3O6. The second-order valence-electron chi connectivity index (χ2n) is 6.95. The van der Waals surface area contributed by atoms with Crippen LogP contribution >= 0.6 is 0 Å². The molecule has 5 N–H and O–H groups in total. The predicted octanol–water partition coefficient (Wildman–Crippen LogP) is 2.13. The lowest BCUT2D eigenvalue weighted by Gasteiger charge is -2.17. The van der Waals surface area contributed by atoms with Crippen molar-refractivity contribution in [2.75, 3.05) is 12.4 Å². The first-order valence-corrected chi connectivity index (χ1v) is 10.2. The number of nitrogens with one attached hydrogen (secondary N) is 2. The number of benzene rings is 2. The predicted molar refractivity (Wildman–Crippen MR) is 125 cm³/mol. The molecule has 33 heavy (non-hydrogen) atoms. The van der Waals surface area contributed by atoms with Crippen LogP contribution in [0.2, 0.25) is 0 Å². The van der Waals surface area contributed by atoms with E-state index in [2.05, 4.69) is 15.4 Å². The van der Waals surface area contributed by atoms with Gasteiger partial charge in [-0.05, 0) is 49.6 Å². The minimum atomic E-state index is -0.639. The summed E-state index contributed by atoms with van der Waals surface area (Å²) in [5.74, 6) is -1.07. The van der Waals surface area contributed by atoms with E-state index in [-0.39, 0.29) is 24.3 Å². The molecule has 0 bridgehead atoms. The molecule has 0 fully saturated rings. The number of hydrogen-bond acceptors (Lipinski definition) is 6. The molecule has 0 spiro atoms. The molecule has 2 amide bonds. The summed E-state index contributed by atoms with van der Waals surface area (Å²) in [6.07, 6.45) is 4.40. The van der Waals surface area contributed by atoms with E-state index in [1.54, 1.807) is 37.3 Å². The third-order valence-electron chi connectivity index (χ3n) is 4.38. The molecule has 0 saturated heterocycles. The van der Waals surface area contributed by atoms with E-state index < -0.39 is 12.0 Å². The zero-order valence-electron chi connectivity index (χ0n) is 18.6. The van der Waals surface area contributed by atoms with Crippen molar-refractivity contribution in [2.24, 2.45) is 5.73 Å². The van der Waals surface area contributed by atoms with E-state index >= 15 is 0 Å². The van der Waals surface area contributed by atoms with Crippen LogP contribution in [-0.2, 0) is 25.5 Å². The second kappa shape index (κ2) is 14.9. The van der Waals surface area contributed by atoms with Gasteiger partial charge in [0.25, 0.3) is 6.47 Å². The van der Waals surface area contributed by atoms with Crippen molar-refractivity contribution < 1.29 is 29.0 Å². The van der Waals surface area contributed by atoms with Gasteiger partial charge < -0.3 is 26.2 Å². The molecule has 0 unspecified atom stereocenters. The monoisotopic (exact) mass is 455 g/mol. The maximum Gasteiger partial charge on any atom is 0.337 e. The van der Waals surface area contributed by atoms with E-state index in [4.69, 9.17) is 15.6 Å². The minimum Gasteiger partial charge on any atom is -0.483 e. The van der Waals surface area contributed by atoms with Crippen molar-refractivity contribution in [3.63, 3.8) is 0 Å². The first-order chi connectivity index (χ1) is 15.8. The van der Waals surface area contributed by atoms with Crippen molar-refractivity contribution in [3.8, 4) is 0 Å². The van der Waals surface area contributed by atoms with Gasteiger partial charge in [0, 0.05) is 17.8 Å². The van der Waals surface area contributed by atoms with Gasteiger partial charge in [-0.15, -0.1) is 0 Å². The molecular weight excluding hydrogens is 426 g/mol. The molecule has 176 valence electrons. The number of aryl methyl sites for hydroxylation is 1. The van der Waals surface area contributed by atoms with Gasteiger partial charge >= 0.3 is 5.97 Å². The molecule has 2 atom stereocenters. The lowest BCUT2D eigenvalue weighted by molar-refractivity contribution is -0.123. The number of rotatable bonds is 9. The normalized spacial score (nSPS) is 12.0. The number of amides is 2. The van der Waals surface area contributed by atoms with E-state index in [0.717, 1.165) is 12.0 Å².